The highest BCUT2D eigenvalue weighted by atomic mass is 127. The molecular formula is C28H30INO5. The lowest BCUT2D eigenvalue weighted by Gasteiger charge is -2.30. The predicted octanol–water partition coefficient (Wildman–Crippen LogP) is 5.20. The number of carbonyl (C=O) groups is 2. The lowest BCUT2D eigenvalue weighted by atomic mass is 9.91. The van der Waals surface area contributed by atoms with Crippen molar-refractivity contribution in [3.05, 3.63) is 99.1 Å². The molecule has 3 aromatic rings. The van der Waals surface area contributed by atoms with Gasteiger partial charge in [-0.05, 0) is 78.3 Å². The zero-order valence-electron chi connectivity index (χ0n) is 20.1. The number of rotatable bonds is 9. The molecule has 0 heterocycles. The minimum Gasteiger partial charge on any atom is -0.489 e. The molecule has 0 bridgehead atoms. The van der Waals surface area contributed by atoms with Gasteiger partial charge in [0.2, 0.25) is 5.54 Å². The summed E-state index contributed by atoms with van der Waals surface area (Å²) in [7, 11) is 0. The molecule has 3 aromatic carbocycles. The van der Waals surface area contributed by atoms with Gasteiger partial charge in [-0.1, -0.05) is 60.7 Å². The second kappa shape index (κ2) is 11.7. The Bertz CT molecular complexity index is 1150. The molecule has 0 spiro atoms. The Kier molecular flexibility index (Phi) is 8.91. The van der Waals surface area contributed by atoms with Crippen LogP contribution in [0.4, 0.5) is 0 Å². The maximum atomic E-state index is 13.3. The Morgan fingerprint density at radius 3 is 1.97 bits per heavy atom. The largest absolute Gasteiger partial charge is 0.489 e. The number of ether oxygens (including phenoxy) is 3. The van der Waals surface area contributed by atoms with Crippen LogP contribution in [-0.4, -0.2) is 23.1 Å². The van der Waals surface area contributed by atoms with E-state index < -0.39 is 23.1 Å². The molecule has 6 nitrogen and oxygen atoms in total. The van der Waals surface area contributed by atoms with Crippen LogP contribution in [0.2, 0.25) is 0 Å². The SMILES string of the molecule is CC(C)(C)OC(=O)[C@](N)(Cc1cc(I)ccc1OCc1ccccc1)C(=O)OCc1ccccc1. The Balaban J connectivity index is 1.88. The van der Waals surface area contributed by atoms with E-state index in [0.29, 0.717) is 17.9 Å². The van der Waals surface area contributed by atoms with Crippen molar-refractivity contribution in [2.45, 2.75) is 51.5 Å². The summed E-state index contributed by atoms with van der Waals surface area (Å²) in [6, 6.07) is 24.5. The van der Waals surface area contributed by atoms with Crippen molar-refractivity contribution in [1.29, 1.82) is 0 Å². The fourth-order valence-corrected chi connectivity index (χ4v) is 3.87. The van der Waals surface area contributed by atoms with Gasteiger partial charge in [0.1, 0.15) is 24.6 Å². The molecule has 1 atom stereocenters. The van der Waals surface area contributed by atoms with Crippen molar-refractivity contribution in [2.75, 3.05) is 0 Å². The van der Waals surface area contributed by atoms with Crippen molar-refractivity contribution >= 4 is 34.5 Å². The van der Waals surface area contributed by atoms with Crippen molar-refractivity contribution in [3.8, 4) is 5.75 Å². The van der Waals surface area contributed by atoms with Crippen LogP contribution >= 0.6 is 22.6 Å². The third kappa shape index (κ3) is 7.80. The molecule has 0 fully saturated rings. The summed E-state index contributed by atoms with van der Waals surface area (Å²) in [4.78, 5) is 26.5. The van der Waals surface area contributed by atoms with Gasteiger partial charge in [-0.25, -0.2) is 9.59 Å². The van der Waals surface area contributed by atoms with Crippen LogP contribution in [0.1, 0.15) is 37.5 Å². The molecular weight excluding hydrogens is 557 g/mol. The van der Waals surface area contributed by atoms with Crippen LogP contribution in [0.15, 0.2) is 78.9 Å². The molecule has 3 rings (SSSR count). The molecule has 0 saturated carbocycles. The summed E-state index contributed by atoms with van der Waals surface area (Å²) in [5, 5.41) is 0. The molecule has 0 radical (unpaired) electrons. The van der Waals surface area contributed by atoms with E-state index in [-0.39, 0.29) is 13.0 Å². The minimum atomic E-state index is -2.06. The average molecular weight is 587 g/mol. The van der Waals surface area contributed by atoms with Crippen LogP contribution in [-0.2, 0) is 38.7 Å². The van der Waals surface area contributed by atoms with Gasteiger partial charge in [0.25, 0.3) is 0 Å². The van der Waals surface area contributed by atoms with Gasteiger partial charge in [-0.15, -0.1) is 0 Å². The van der Waals surface area contributed by atoms with E-state index in [1.807, 2.05) is 78.9 Å². The first-order valence-corrected chi connectivity index (χ1v) is 12.3. The molecule has 0 aliphatic rings. The maximum Gasteiger partial charge on any atom is 0.338 e. The van der Waals surface area contributed by atoms with Gasteiger partial charge < -0.3 is 19.9 Å². The molecule has 0 saturated heterocycles. The number of halogens is 1. The monoisotopic (exact) mass is 587 g/mol. The second-order valence-electron chi connectivity index (χ2n) is 9.24. The van der Waals surface area contributed by atoms with Gasteiger partial charge in [-0.3, -0.25) is 0 Å². The van der Waals surface area contributed by atoms with Crippen molar-refractivity contribution in [3.63, 3.8) is 0 Å². The highest BCUT2D eigenvalue weighted by Crippen LogP contribution is 2.28. The normalized spacial score (nSPS) is 12.9. The van der Waals surface area contributed by atoms with Gasteiger partial charge >= 0.3 is 11.9 Å². The molecule has 0 unspecified atom stereocenters. The van der Waals surface area contributed by atoms with E-state index in [1.165, 1.54) is 0 Å². The zero-order chi connectivity index (χ0) is 25.5. The summed E-state index contributed by atoms with van der Waals surface area (Å²) in [5.41, 5.74) is 6.00. The summed E-state index contributed by atoms with van der Waals surface area (Å²) in [6.07, 6.45) is -0.142. The second-order valence-corrected chi connectivity index (χ2v) is 10.5. The van der Waals surface area contributed by atoms with E-state index >= 15 is 0 Å². The van der Waals surface area contributed by atoms with E-state index in [4.69, 9.17) is 19.9 Å². The van der Waals surface area contributed by atoms with Crippen molar-refractivity contribution < 1.29 is 23.8 Å². The van der Waals surface area contributed by atoms with Gasteiger partial charge in [0, 0.05) is 9.99 Å². The van der Waals surface area contributed by atoms with E-state index in [1.54, 1.807) is 20.8 Å². The quantitative estimate of drug-likeness (QED) is 0.211. The molecule has 7 heteroatoms. The summed E-state index contributed by atoms with van der Waals surface area (Å²) >= 11 is 2.17. The summed E-state index contributed by atoms with van der Waals surface area (Å²) in [5.74, 6) is -1.18. The number of nitrogens with two attached hydrogens (primary N) is 1. The molecule has 0 aliphatic carbocycles. The smallest absolute Gasteiger partial charge is 0.338 e. The number of benzene rings is 3. The fraction of sp³-hybridized carbons (Fsp3) is 0.286. The van der Waals surface area contributed by atoms with E-state index in [9.17, 15) is 9.59 Å². The Labute approximate surface area is 219 Å². The van der Waals surface area contributed by atoms with Crippen LogP contribution in [0.25, 0.3) is 0 Å². The molecule has 0 aliphatic heterocycles. The lowest BCUT2D eigenvalue weighted by Crippen LogP contribution is -2.59. The molecule has 35 heavy (non-hydrogen) atoms. The van der Waals surface area contributed by atoms with Gasteiger partial charge in [0.05, 0.1) is 0 Å². The number of hydrogen-bond acceptors (Lipinski definition) is 6. The Morgan fingerprint density at radius 1 is 0.829 bits per heavy atom. The topological polar surface area (TPSA) is 87.9 Å². The zero-order valence-corrected chi connectivity index (χ0v) is 22.3. The van der Waals surface area contributed by atoms with E-state index in [0.717, 1.165) is 14.7 Å². The molecule has 0 aromatic heterocycles. The minimum absolute atomic E-state index is 0.00882. The maximum absolute atomic E-state index is 13.3. The van der Waals surface area contributed by atoms with Crippen LogP contribution in [0, 0.1) is 3.57 Å². The number of carbonyl (C=O) groups excluding carboxylic acids is 2. The highest BCUT2D eigenvalue weighted by molar-refractivity contribution is 14.1. The molecule has 0 amide bonds. The lowest BCUT2D eigenvalue weighted by molar-refractivity contribution is -0.172. The highest BCUT2D eigenvalue weighted by Gasteiger charge is 2.47. The third-order valence-corrected chi connectivity index (χ3v) is 5.74. The summed E-state index contributed by atoms with van der Waals surface area (Å²) in [6.45, 7) is 5.49. The first kappa shape index (κ1) is 26.7. The first-order chi connectivity index (χ1) is 16.6. The van der Waals surface area contributed by atoms with E-state index in [2.05, 4.69) is 22.6 Å². The average Bonchev–Trinajstić information content (AvgIpc) is 2.82. The van der Waals surface area contributed by atoms with Gasteiger partial charge in [0.15, 0.2) is 0 Å². The fourth-order valence-electron chi connectivity index (χ4n) is 3.31. The Morgan fingerprint density at radius 2 is 1.40 bits per heavy atom. The molecule has 184 valence electrons. The van der Waals surface area contributed by atoms with Gasteiger partial charge in [-0.2, -0.15) is 0 Å². The number of esters is 2. The third-order valence-electron chi connectivity index (χ3n) is 5.07. The predicted molar refractivity (Wildman–Crippen MR) is 143 cm³/mol. The van der Waals surface area contributed by atoms with Crippen molar-refractivity contribution in [1.82, 2.24) is 0 Å². The summed E-state index contributed by atoms with van der Waals surface area (Å²) < 4.78 is 18.0. The standard InChI is InChI=1S/C28H30INO5/c1-27(2,3)35-26(32)28(30,25(31)34-19-21-12-8-5-9-13-21)17-22-16-23(29)14-15-24(22)33-18-20-10-6-4-7-11-20/h4-16H,17-19,30H2,1-3H3/t28-/m0/s1. The van der Waals surface area contributed by atoms with Crippen LogP contribution in [0.5, 0.6) is 5.75 Å². The Hall–Kier alpha value is -2.91. The van der Waals surface area contributed by atoms with Crippen LogP contribution in [0.3, 0.4) is 0 Å². The molecule has 2 N–H and O–H groups in total. The first-order valence-electron chi connectivity index (χ1n) is 11.3. The van der Waals surface area contributed by atoms with Crippen molar-refractivity contribution in [2.24, 2.45) is 5.73 Å². The number of hydrogen-bond donors (Lipinski definition) is 1. The van der Waals surface area contributed by atoms with Crippen LogP contribution < -0.4 is 10.5 Å².